The quantitative estimate of drug-likeness (QED) is 0.652. The maximum Gasteiger partial charge on any atom is 0.189 e. The van der Waals surface area contributed by atoms with Crippen molar-refractivity contribution in [3.63, 3.8) is 0 Å². The molecule has 3 N–H and O–H groups in total. The molecule has 13 heavy (non-hydrogen) atoms. The first-order chi connectivity index (χ1) is 6.36. The lowest BCUT2D eigenvalue weighted by molar-refractivity contribution is 0.567. The van der Waals surface area contributed by atoms with Crippen molar-refractivity contribution >= 4 is 5.96 Å². The van der Waals surface area contributed by atoms with Gasteiger partial charge >= 0.3 is 0 Å². The fourth-order valence-electron chi connectivity index (χ4n) is 1.44. The van der Waals surface area contributed by atoms with Crippen molar-refractivity contribution in [1.29, 1.82) is 0 Å². The molecule has 1 aliphatic rings. The first-order valence-electron chi connectivity index (χ1n) is 4.32. The van der Waals surface area contributed by atoms with Gasteiger partial charge in [-0.25, -0.2) is 0 Å². The Morgan fingerprint density at radius 3 is 3.15 bits per heavy atom. The van der Waals surface area contributed by atoms with E-state index >= 15 is 0 Å². The maximum atomic E-state index is 5.58. The summed E-state index contributed by atoms with van der Waals surface area (Å²) in [6.07, 6.45) is 4.60. The summed E-state index contributed by atoms with van der Waals surface area (Å²) >= 11 is 0. The summed E-state index contributed by atoms with van der Waals surface area (Å²) in [6, 6.07) is 4.24. The maximum absolute atomic E-state index is 5.58. The molecule has 0 bridgehead atoms. The number of aliphatic imine (C=N–C) groups is 1. The molecule has 0 aromatic carbocycles. The Balaban J connectivity index is 2.15. The summed E-state index contributed by atoms with van der Waals surface area (Å²) in [5.41, 5.74) is 6.75. The van der Waals surface area contributed by atoms with Gasteiger partial charge in [0.1, 0.15) is 0 Å². The lowest BCUT2D eigenvalue weighted by Crippen LogP contribution is -2.38. The van der Waals surface area contributed by atoms with Crippen LogP contribution in [0, 0.1) is 0 Å². The minimum Gasteiger partial charge on any atom is -0.370 e. The zero-order valence-electron chi connectivity index (χ0n) is 7.27. The third kappa shape index (κ3) is 1.77. The molecule has 0 spiro atoms. The average molecular weight is 176 g/mol. The largest absolute Gasteiger partial charge is 0.370 e. The third-order valence-corrected chi connectivity index (χ3v) is 2.11. The predicted octanol–water partition coefficient (Wildman–Crippen LogP) is 0.431. The highest BCUT2D eigenvalue weighted by atomic mass is 15.1. The lowest BCUT2D eigenvalue weighted by Gasteiger charge is -2.22. The summed E-state index contributed by atoms with van der Waals surface area (Å²) in [5.74, 6) is 0.528. The van der Waals surface area contributed by atoms with Crippen molar-refractivity contribution in [2.45, 2.75) is 12.5 Å². The van der Waals surface area contributed by atoms with Crippen LogP contribution in [0.15, 0.2) is 29.5 Å². The van der Waals surface area contributed by atoms with Gasteiger partial charge in [0.25, 0.3) is 0 Å². The number of guanidine groups is 1. The van der Waals surface area contributed by atoms with Crippen LogP contribution in [-0.4, -0.2) is 17.5 Å². The van der Waals surface area contributed by atoms with Gasteiger partial charge in [-0.15, -0.1) is 0 Å². The van der Waals surface area contributed by atoms with Crippen molar-refractivity contribution < 1.29 is 0 Å². The molecule has 1 aliphatic heterocycles. The number of aromatic nitrogens is 1. The molecule has 0 aliphatic carbocycles. The summed E-state index contributed by atoms with van der Waals surface area (Å²) in [6.45, 7) is 0.790. The van der Waals surface area contributed by atoms with Crippen LogP contribution in [0.1, 0.15) is 18.0 Å². The van der Waals surface area contributed by atoms with Crippen LogP contribution in [0.4, 0.5) is 0 Å². The number of rotatable bonds is 1. The van der Waals surface area contributed by atoms with Crippen LogP contribution in [0.3, 0.4) is 0 Å². The van der Waals surface area contributed by atoms with Gasteiger partial charge < -0.3 is 11.1 Å². The van der Waals surface area contributed by atoms with Gasteiger partial charge in [-0.2, -0.15) is 0 Å². The standard InChI is InChI=1S/C9H12N4/c10-9-12-5-3-8(13-9)7-2-1-4-11-6-7/h1-2,4,6,8H,3,5H2,(H3,10,12,13). The van der Waals surface area contributed by atoms with E-state index in [0.29, 0.717) is 5.96 Å². The number of nitrogens with zero attached hydrogens (tertiary/aromatic N) is 2. The monoisotopic (exact) mass is 176 g/mol. The highest BCUT2D eigenvalue weighted by molar-refractivity contribution is 5.78. The number of pyridine rings is 1. The molecule has 2 rings (SSSR count). The number of hydrogen-bond donors (Lipinski definition) is 2. The second kappa shape index (κ2) is 3.43. The molecule has 1 atom stereocenters. The molecule has 4 heteroatoms. The van der Waals surface area contributed by atoms with E-state index in [9.17, 15) is 0 Å². The second-order valence-electron chi connectivity index (χ2n) is 3.04. The molecule has 0 saturated carbocycles. The predicted molar refractivity (Wildman–Crippen MR) is 51.2 cm³/mol. The summed E-state index contributed by atoms with van der Waals surface area (Å²) in [5, 5.41) is 3.12. The van der Waals surface area contributed by atoms with E-state index in [-0.39, 0.29) is 6.04 Å². The fourth-order valence-corrected chi connectivity index (χ4v) is 1.44. The van der Waals surface area contributed by atoms with Crippen LogP contribution < -0.4 is 11.1 Å². The van der Waals surface area contributed by atoms with Gasteiger partial charge in [0, 0.05) is 18.9 Å². The first kappa shape index (κ1) is 8.04. The Bertz CT molecular complexity index is 307. The van der Waals surface area contributed by atoms with Gasteiger partial charge in [0.05, 0.1) is 6.04 Å². The minimum absolute atomic E-state index is 0.270. The average Bonchev–Trinajstić information content (AvgIpc) is 2.19. The third-order valence-electron chi connectivity index (χ3n) is 2.11. The van der Waals surface area contributed by atoms with Gasteiger partial charge in [0.2, 0.25) is 0 Å². The summed E-state index contributed by atoms with van der Waals surface area (Å²) in [4.78, 5) is 8.13. The Kier molecular flexibility index (Phi) is 2.12. The van der Waals surface area contributed by atoms with Crippen LogP contribution in [0.2, 0.25) is 0 Å². The Labute approximate surface area is 76.9 Å². The molecule has 0 fully saturated rings. The first-order valence-corrected chi connectivity index (χ1v) is 4.32. The molecular weight excluding hydrogens is 164 g/mol. The van der Waals surface area contributed by atoms with E-state index in [1.807, 2.05) is 18.3 Å². The molecule has 1 aromatic rings. The Hall–Kier alpha value is -1.58. The van der Waals surface area contributed by atoms with Crippen molar-refractivity contribution in [3.05, 3.63) is 30.1 Å². The molecule has 1 unspecified atom stereocenters. The number of nitrogens with two attached hydrogens (primary N) is 1. The normalized spacial score (nSPS) is 21.8. The van der Waals surface area contributed by atoms with Crippen LogP contribution in [0.25, 0.3) is 0 Å². The van der Waals surface area contributed by atoms with E-state index in [1.165, 1.54) is 5.56 Å². The highest BCUT2D eigenvalue weighted by Gasteiger charge is 2.14. The zero-order chi connectivity index (χ0) is 9.10. The van der Waals surface area contributed by atoms with Crippen LogP contribution >= 0.6 is 0 Å². The Morgan fingerprint density at radius 1 is 1.54 bits per heavy atom. The van der Waals surface area contributed by atoms with E-state index in [1.54, 1.807) is 6.20 Å². The molecule has 0 saturated heterocycles. The van der Waals surface area contributed by atoms with Crippen LogP contribution in [-0.2, 0) is 0 Å². The van der Waals surface area contributed by atoms with E-state index in [0.717, 1.165) is 13.0 Å². The lowest BCUT2D eigenvalue weighted by atomic mass is 10.1. The van der Waals surface area contributed by atoms with Crippen LogP contribution in [0.5, 0.6) is 0 Å². The van der Waals surface area contributed by atoms with Gasteiger partial charge in [0.15, 0.2) is 5.96 Å². The van der Waals surface area contributed by atoms with Crippen molar-refractivity contribution in [2.24, 2.45) is 10.7 Å². The zero-order valence-corrected chi connectivity index (χ0v) is 7.27. The fraction of sp³-hybridized carbons (Fsp3) is 0.333. The van der Waals surface area contributed by atoms with Crippen molar-refractivity contribution in [2.75, 3.05) is 6.54 Å². The minimum atomic E-state index is 0.270. The van der Waals surface area contributed by atoms with Gasteiger partial charge in [-0.3, -0.25) is 9.98 Å². The topological polar surface area (TPSA) is 63.3 Å². The molecule has 1 aromatic heterocycles. The molecule has 68 valence electrons. The van der Waals surface area contributed by atoms with Crippen molar-refractivity contribution in [1.82, 2.24) is 10.3 Å². The van der Waals surface area contributed by atoms with Crippen molar-refractivity contribution in [3.8, 4) is 0 Å². The smallest absolute Gasteiger partial charge is 0.189 e. The van der Waals surface area contributed by atoms with E-state index in [2.05, 4.69) is 15.3 Å². The Morgan fingerprint density at radius 2 is 2.46 bits per heavy atom. The molecule has 4 nitrogen and oxygen atoms in total. The number of nitrogens with one attached hydrogen (secondary N) is 1. The van der Waals surface area contributed by atoms with E-state index in [4.69, 9.17) is 5.73 Å². The van der Waals surface area contributed by atoms with E-state index < -0.39 is 0 Å². The molecule has 2 heterocycles. The SMILES string of the molecule is NC1=NCCC(c2cccnc2)N1. The summed E-state index contributed by atoms with van der Waals surface area (Å²) < 4.78 is 0. The van der Waals surface area contributed by atoms with Gasteiger partial charge in [-0.1, -0.05) is 6.07 Å². The molecule has 0 amide bonds. The molecule has 0 radical (unpaired) electrons. The molecular formula is C9H12N4. The number of hydrogen-bond acceptors (Lipinski definition) is 4. The highest BCUT2D eigenvalue weighted by Crippen LogP contribution is 2.17. The second-order valence-corrected chi connectivity index (χ2v) is 3.04. The van der Waals surface area contributed by atoms with Gasteiger partial charge in [-0.05, 0) is 18.1 Å². The summed E-state index contributed by atoms with van der Waals surface area (Å²) in [7, 11) is 0.